The van der Waals surface area contributed by atoms with E-state index in [4.69, 9.17) is 15.3 Å². The largest absolute Gasteiger partial charge is 0.491 e. The number of hydrogen-bond acceptors (Lipinski definition) is 4. The standard InChI is InChI=1S/C16H26N2O2/c1-12-7-8-13(11-12)16(18-17)14-5-3-4-6-15(14)20-10-9-19-2/h3-6,12-13,16,18H,7-11,17H2,1-2H3. The molecule has 0 spiro atoms. The van der Waals surface area contributed by atoms with Crippen molar-refractivity contribution < 1.29 is 9.47 Å². The van der Waals surface area contributed by atoms with Crippen LogP contribution in [0.25, 0.3) is 0 Å². The highest BCUT2D eigenvalue weighted by atomic mass is 16.5. The van der Waals surface area contributed by atoms with Crippen molar-refractivity contribution in [2.24, 2.45) is 17.7 Å². The summed E-state index contributed by atoms with van der Waals surface area (Å²) in [6.07, 6.45) is 3.74. The summed E-state index contributed by atoms with van der Waals surface area (Å²) in [4.78, 5) is 0. The molecular weight excluding hydrogens is 252 g/mol. The Morgan fingerprint density at radius 1 is 1.30 bits per heavy atom. The van der Waals surface area contributed by atoms with E-state index < -0.39 is 0 Å². The Kier molecular flexibility index (Phi) is 5.83. The highest BCUT2D eigenvalue weighted by Crippen LogP contribution is 2.40. The van der Waals surface area contributed by atoms with Gasteiger partial charge in [0.15, 0.2) is 0 Å². The number of nitrogens with two attached hydrogens (primary N) is 1. The Bertz CT molecular complexity index is 411. The van der Waals surface area contributed by atoms with Gasteiger partial charge in [-0.1, -0.05) is 31.5 Å². The van der Waals surface area contributed by atoms with E-state index in [2.05, 4.69) is 18.4 Å². The first-order valence-electron chi connectivity index (χ1n) is 7.43. The topological polar surface area (TPSA) is 56.5 Å². The van der Waals surface area contributed by atoms with Crippen LogP contribution < -0.4 is 16.0 Å². The third kappa shape index (κ3) is 3.72. The van der Waals surface area contributed by atoms with Crippen LogP contribution in [0.2, 0.25) is 0 Å². The van der Waals surface area contributed by atoms with Gasteiger partial charge in [-0.2, -0.15) is 0 Å². The molecule has 1 aromatic rings. The lowest BCUT2D eigenvalue weighted by molar-refractivity contribution is 0.145. The van der Waals surface area contributed by atoms with Crippen molar-refractivity contribution in [3.63, 3.8) is 0 Å². The van der Waals surface area contributed by atoms with Gasteiger partial charge in [0.05, 0.1) is 12.6 Å². The van der Waals surface area contributed by atoms with Crippen molar-refractivity contribution in [2.45, 2.75) is 32.2 Å². The average Bonchev–Trinajstić information content (AvgIpc) is 2.88. The third-order valence-corrected chi connectivity index (χ3v) is 4.19. The number of para-hydroxylation sites is 1. The van der Waals surface area contributed by atoms with E-state index in [0.717, 1.165) is 17.2 Å². The van der Waals surface area contributed by atoms with Gasteiger partial charge in [0.25, 0.3) is 0 Å². The molecule has 3 atom stereocenters. The number of nitrogens with one attached hydrogen (secondary N) is 1. The zero-order valence-corrected chi connectivity index (χ0v) is 12.5. The fraction of sp³-hybridized carbons (Fsp3) is 0.625. The minimum atomic E-state index is 0.165. The maximum atomic E-state index is 5.83. The van der Waals surface area contributed by atoms with E-state index in [1.165, 1.54) is 19.3 Å². The van der Waals surface area contributed by atoms with E-state index in [-0.39, 0.29) is 6.04 Å². The summed E-state index contributed by atoms with van der Waals surface area (Å²) >= 11 is 0. The Morgan fingerprint density at radius 3 is 2.75 bits per heavy atom. The molecular formula is C16H26N2O2. The lowest BCUT2D eigenvalue weighted by Crippen LogP contribution is -2.33. The van der Waals surface area contributed by atoms with Gasteiger partial charge in [0.2, 0.25) is 0 Å². The predicted octanol–water partition coefficient (Wildman–Crippen LogP) is 2.65. The number of ether oxygens (including phenoxy) is 2. The Hall–Kier alpha value is -1.10. The van der Waals surface area contributed by atoms with Crippen LogP contribution in [-0.4, -0.2) is 20.3 Å². The summed E-state index contributed by atoms with van der Waals surface area (Å²) in [5, 5.41) is 0. The number of hydrazine groups is 1. The predicted molar refractivity (Wildman–Crippen MR) is 80.4 cm³/mol. The molecule has 0 aromatic heterocycles. The molecule has 112 valence electrons. The fourth-order valence-corrected chi connectivity index (χ4v) is 3.14. The third-order valence-electron chi connectivity index (χ3n) is 4.19. The highest BCUT2D eigenvalue weighted by Gasteiger charge is 2.30. The van der Waals surface area contributed by atoms with Crippen molar-refractivity contribution in [3.05, 3.63) is 29.8 Å². The molecule has 1 saturated carbocycles. The van der Waals surface area contributed by atoms with Gasteiger partial charge in [0.1, 0.15) is 12.4 Å². The highest BCUT2D eigenvalue weighted by molar-refractivity contribution is 5.36. The summed E-state index contributed by atoms with van der Waals surface area (Å²) in [5.41, 5.74) is 4.16. The second-order valence-electron chi connectivity index (χ2n) is 5.70. The molecule has 1 aliphatic rings. The molecule has 4 heteroatoms. The molecule has 3 N–H and O–H groups in total. The molecule has 4 nitrogen and oxygen atoms in total. The zero-order chi connectivity index (χ0) is 14.4. The molecule has 1 aromatic carbocycles. The molecule has 0 saturated heterocycles. The molecule has 1 fully saturated rings. The van der Waals surface area contributed by atoms with Gasteiger partial charge in [-0.25, -0.2) is 0 Å². The SMILES string of the molecule is COCCOc1ccccc1C(NN)C1CCC(C)C1. The molecule has 3 unspecified atom stereocenters. The monoisotopic (exact) mass is 278 g/mol. The Balaban J connectivity index is 2.12. The minimum absolute atomic E-state index is 0.165. The summed E-state index contributed by atoms with van der Waals surface area (Å²) < 4.78 is 10.9. The van der Waals surface area contributed by atoms with E-state index in [1.807, 2.05) is 18.2 Å². The van der Waals surface area contributed by atoms with Crippen LogP contribution in [0.5, 0.6) is 5.75 Å². The van der Waals surface area contributed by atoms with Crippen LogP contribution in [0.3, 0.4) is 0 Å². The second kappa shape index (κ2) is 7.62. The van der Waals surface area contributed by atoms with Crippen molar-refractivity contribution in [3.8, 4) is 5.75 Å². The van der Waals surface area contributed by atoms with Gasteiger partial charge < -0.3 is 9.47 Å². The van der Waals surface area contributed by atoms with Gasteiger partial charge in [0, 0.05) is 12.7 Å². The van der Waals surface area contributed by atoms with Crippen molar-refractivity contribution in [2.75, 3.05) is 20.3 Å². The van der Waals surface area contributed by atoms with E-state index in [1.54, 1.807) is 7.11 Å². The van der Waals surface area contributed by atoms with Crippen LogP contribution in [0, 0.1) is 11.8 Å². The molecule has 0 aliphatic heterocycles. The number of rotatable bonds is 7. The molecule has 0 radical (unpaired) electrons. The lowest BCUT2D eigenvalue weighted by Gasteiger charge is -2.25. The first-order valence-corrected chi connectivity index (χ1v) is 7.43. The Labute approximate surface area is 121 Å². The van der Waals surface area contributed by atoms with Crippen molar-refractivity contribution >= 4 is 0 Å². The second-order valence-corrected chi connectivity index (χ2v) is 5.70. The fourth-order valence-electron chi connectivity index (χ4n) is 3.14. The van der Waals surface area contributed by atoms with E-state index in [9.17, 15) is 0 Å². The molecule has 2 rings (SSSR count). The Morgan fingerprint density at radius 2 is 2.10 bits per heavy atom. The average molecular weight is 278 g/mol. The smallest absolute Gasteiger partial charge is 0.124 e. The van der Waals surface area contributed by atoms with Crippen LogP contribution in [-0.2, 0) is 4.74 Å². The summed E-state index contributed by atoms with van der Waals surface area (Å²) in [6.45, 7) is 3.47. The van der Waals surface area contributed by atoms with Crippen LogP contribution in [0.4, 0.5) is 0 Å². The number of methoxy groups -OCH3 is 1. The van der Waals surface area contributed by atoms with Crippen LogP contribution >= 0.6 is 0 Å². The summed E-state index contributed by atoms with van der Waals surface area (Å²) in [6, 6.07) is 8.32. The first-order chi connectivity index (χ1) is 9.76. The maximum absolute atomic E-state index is 5.83. The lowest BCUT2D eigenvalue weighted by atomic mass is 9.91. The van der Waals surface area contributed by atoms with E-state index in [0.29, 0.717) is 19.1 Å². The number of hydrogen-bond donors (Lipinski definition) is 2. The molecule has 0 amide bonds. The van der Waals surface area contributed by atoms with Gasteiger partial charge in [-0.3, -0.25) is 11.3 Å². The molecule has 0 heterocycles. The summed E-state index contributed by atoms with van der Waals surface area (Å²) in [7, 11) is 1.68. The summed E-state index contributed by atoms with van der Waals surface area (Å²) in [5.74, 6) is 8.11. The van der Waals surface area contributed by atoms with Gasteiger partial charge >= 0.3 is 0 Å². The van der Waals surface area contributed by atoms with Crippen LogP contribution in [0.15, 0.2) is 24.3 Å². The molecule has 20 heavy (non-hydrogen) atoms. The normalized spacial score (nSPS) is 23.8. The quantitative estimate of drug-likeness (QED) is 0.457. The minimum Gasteiger partial charge on any atom is -0.491 e. The first kappa shape index (κ1) is 15.3. The van der Waals surface area contributed by atoms with Crippen LogP contribution in [0.1, 0.15) is 37.8 Å². The zero-order valence-electron chi connectivity index (χ0n) is 12.5. The van der Waals surface area contributed by atoms with Crippen molar-refractivity contribution in [1.82, 2.24) is 5.43 Å². The molecule has 0 bridgehead atoms. The van der Waals surface area contributed by atoms with Crippen molar-refractivity contribution in [1.29, 1.82) is 0 Å². The molecule has 1 aliphatic carbocycles. The van der Waals surface area contributed by atoms with Gasteiger partial charge in [-0.15, -0.1) is 0 Å². The van der Waals surface area contributed by atoms with E-state index >= 15 is 0 Å². The number of benzene rings is 1. The van der Waals surface area contributed by atoms with Gasteiger partial charge in [-0.05, 0) is 30.7 Å². The maximum Gasteiger partial charge on any atom is 0.124 e.